The highest BCUT2D eigenvalue weighted by Crippen LogP contribution is 2.09. The van der Waals surface area contributed by atoms with Gasteiger partial charge >= 0.3 is 6.03 Å². The first-order chi connectivity index (χ1) is 12.1. The number of aryl methyl sites for hydroxylation is 1. The van der Waals surface area contributed by atoms with Gasteiger partial charge in [0, 0.05) is 25.7 Å². The Morgan fingerprint density at radius 1 is 1.24 bits per heavy atom. The van der Waals surface area contributed by atoms with Gasteiger partial charge < -0.3 is 10.6 Å². The first kappa shape index (κ1) is 16.7. The van der Waals surface area contributed by atoms with Crippen LogP contribution in [0.4, 0.5) is 4.79 Å². The second-order valence-electron chi connectivity index (χ2n) is 5.68. The lowest BCUT2D eigenvalue weighted by Crippen LogP contribution is -2.38. The van der Waals surface area contributed by atoms with Gasteiger partial charge in [0.05, 0.1) is 18.4 Å². The number of carbonyl (C=O) groups is 3. The van der Waals surface area contributed by atoms with Gasteiger partial charge in [-0.2, -0.15) is 5.10 Å². The molecule has 0 spiro atoms. The van der Waals surface area contributed by atoms with Gasteiger partial charge in [-0.1, -0.05) is 18.2 Å². The molecule has 0 atom stereocenters. The van der Waals surface area contributed by atoms with Crippen molar-refractivity contribution in [3.63, 3.8) is 0 Å². The third-order valence-corrected chi connectivity index (χ3v) is 3.89. The Balaban J connectivity index is 1.41. The fourth-order valence-corrected chi connectivity index (χ4v) is 2.55. The van der Waals surface area contributed by atoms with E-state index < -0.39 is 6.03 Å². The minimum absolute atomic E-state index is 0.0260. The van der Waals surface area contributed by atoms with E-state index in [2.05, 4.69) is 15.7 Å². The molecule has 2 aromatic rings. The highest BCUT2D eigenvalue weighted by Gasteiger charge is 2.27. The van der Waals surface area contributed by atoms with Gasteiger partial charge in [-0.05, 0) is 24.1 Å². The third kappa shape index (κ3) is 4.23. The molecule has 25 heavy (non-hydrogen) atoms. The van der Waals surface area contributed by atoms with E-state index >= 15 is 0 Å². The van der Waals surface area contributed by atoms with Gasteiger partial charge in [0.1, 0.15) is 0 Å². The molecule has 8 nitrogen and oxygen atoms in total. The van der Waals surface area contributed by atoms with E-state index in [1.165, 1.54) is 0 Å². The number of carbonyl (C=O) groups excluding carboxylic acids is 3. The average molecular weight is 341 g/mol. The summed E-state index contributed by atoms with van der Waals surface area (Å²) in [6.45, 7) is 0.460. The maximum absolute atomic E-state index is 11.9. The number of hydrogen-bond acceptors (Lipinski definition) is 4. The van der Waals surface area contributed by atoms with Crippen molar-refractivity contribution in [2.75, 3.05) is 19.6 Å². The molecule has 130 valence electrons. The summed E-state index contributed by atoms with van der Waals surface area (Å²) in [6.07, 6.45) is 4.53. The molecule has 4 amide bonds. The molecule has 1 saturated heterocycles. The molecule has 0 aliphatic carbocycles. The number of benzene rings is 1. The molecule has 3 rings (SSSR count). The van der Waals surface area contributed by atoms with Gasteiger partial charge in [0.15, 0.2) is 0 Å². The number of nitrogens with zero attached hydrogens (tertiary/aromatic N) is 3. The zero-order valence-electron chi connectivity index (χ0n) is 13.6. The molecular weight excluding hydrogens is 322 g/mol. The van der Waals surface area contributed by atoms with Crippen LogP contribution in [0.5, 0.6) is 0 Å². The second kappa shape index (κ2) is 7.61. The quantitative estimate of drug-likeness (QED) is 0.716. The minimum atomic E-state index is -0.410. The Morgan fingerprint density at radius 2 is 2.04 bits per heavy atom. The molecular formula is C17H19N5O3. The van der Waals surface area contributed by atoms with Gasteiger partial charge in [-0.3, -0.25) is 14.5 Å². The lowest BCUT2D eigenvalue weighted by molar-refractivity contribution is -0.126. The molecule has 2 N–H and O–H groups in total. The van der Waals surface area contributed by atoms with Crippen LogP contribution in [0.2, 0.25) is 0 Å². The summed E-state index contributed by atoms with van der Waals surface area (Å²) in [5, 5.41) is 9.45. The molecule has 0 saturated carbocycles. The van der Waals surface area contributed by atoms with Crippen LogP contribution >= 0.6 is 0 Å². The smallest absolute Gasteiger partial charge is 0.324 e. The summed E-state index contributed by atoms with van der Waals surface area (Å²) in [5.41, 5.74) is 1.93. The highest BCUT2D eigenvalue weighted by molar-refractivity contribution is 6.01. The average Bonchev–Trinajstić information content (AvgIpc) is 3.22. The number of amides is 4. The Morgan fingerprint density at radius 3 is 2.76 bits per heavy atom. The topological polar surface area (TPSA) is 96.3 Å². The molecule has 0 bridgehead atoms. The summed E-state index contributed by atoms with van der Waals surface area (Å²) in [6, 6.07) is 9.33. The predicted octanol–water partition coefficient (Wildman–Crippen LogP) is 0.473. The number of nitrogens with one attached hydrogen (secondary N) is 2. The Bertz CT molecular complexity index is 756. The van der Waals surface area contributed by atoms with Crippen LogP contribution in [0, 0.1) is 0 Å². The standard InChI is InChI=1S/C17H19N5O3/c23-15(18-8-9-21-16(24)11-19-17(21)25)7-6-13-10-20-22(12-13)14-4-2-1-3-5-14/h1-5,10,12H,6-9,11H2,(H,18,23)(H,19,25). The number of aromatic nitrogens is 2. The van der Waals surface area contributed by atoms with Crippen LogP contribution < -0.4 is 10.6 Å². The molecule has 8 heteroatoms. The summed E-state index contributed by atoms with van der Waals surface area (Å²) in [7, 11) is 0. The monoisotopic (exact) mass is 341 g/mol. The van der Waals surface area contributed by atoms with Gasteiger partial charge in [-0.25, -0.2) is 9.48 Å². The molecule has 0 unspecified atom stereocenters. The first-order valence-electron chi connectivity index (χ1n) is 8.07. The maximum atomic E-state index is 11.9. The van der Waals surface area contributed by atoms with Gasteiger partial charge in [0.25, 0.3) is 0 Å². The van der Waals surface area contributed by atoms with E-state index in [0.717, 1.165) is 16.2 Å². The van der Waals surface area contributed by atoms with E-state index in [4.69, 9.17) is 0 Å². The Kier molecular flexibility index (Phi) is 5.08. The Labute approximate surface area is 144 Å². The van der Waals surface area contributed by atoms with Crippen molar-refractivity contribution in [2.24, 2.45) is 0 Å². The van der Waals surface area contributed by atoms with Crippen molar-refractivity contribution in [2.45, 2.75) is 12.8 Å². The molecule has 1 aliphatic heterocycles. The number of para-hydroxylation sites is 1. The van der Waals surface area contributed by atoms with Crippen LogP contribution in [-0.2, 0) is 16.0 Å². The van der Waals surface area contributed by atoms with Crippen molar-refractivity contribution in [3.05, 3.63) is 48.3 Å². The zero-order chi connectivity index (χ0) is 17.6. The van der Waals surface area contributed by atoms with E-state index in [0.29, 0.717) is 12.8 Å². The summed E-state index contributed by atoms with van der Waals surface area (Å²) in [5.74, 6) is -0.396. The van der Waals surface area contributed by atoms with Crippen molar-refractivity contribution < 1.29 is 14.4 Å². The van der Waals surface area contributed by atoms with Crippen molar-refractivity contribution >= 4 is 17.8 Å². The lowest BCUT2D eigenvalue weighted by Gasteiger charge is -2.12. The molecule has 1 fully saturated rings. The van der Waals surface area contributed by atoms with Crippen LogP contribution in [-0.4, -0.2) is 52.2 Å². The van der Waals surface area contributed by atoms with Crippen LogP contribution in [0.15, 0.2) is 42.7 Å². The second-order valence-corrected chi connectivity index (χ2v) is 5.68. The number of imide groups is 1. The van der Waals surface area contributed by atoms with E-state index in [9.17, 15) is 14.4 Å². The molecule has 1 aromatic carbocycles. The summed E-state index contributed by atoms with van der Waals surface area (Å²) >= 11 is 0. The molecule has 2 heterocycles. The van der Waals surface area contributed by atoms with E-state index in [-0.39, 0.29) is 31.4 Å². The highest BCUT2D eigenvalue weighted by atomic mass is 16.2. The van der Waals surface area contributed by atoms with Crippen molar-refractivity contribution in [1.29, 1.82) is 0 Å². The van der Waals surface area contributed by atoms with Crippen molar-refractivity contribution in [3.8, 4) is 5.69 Å². The third-order valence-electron chi connectivity index (χ3n) is 3.89. The van der Waals surface area contributed by atoms with E-state index in [1.807, 2.05) is 36.5 Å². The number of urea groups is 1. The van der Waals surface area contributed by atoms with Gasteiger partial charge in [0.2, 0.25) is 11.8 Å². The van der Waals surface area contributed by atoms with Crippen LogP contribution in [0.3, 0.4) is 0 Å². The number of rotatable bonds is 7. The summed E-state index contributed by atoms with van der Waals surface area (Å²) < 4.78 is 1.77. The largest absolute Gasteiger partial charge is 0.354 e. The van der Waals surface area contributed by atoms with Crippen LogP contribution in [0.1, 0.15) is 12.0 Å². The van der Waals surface area contributed by atoms with Crippen LogP contribution in [0.25, 0.3) is 5.69 Å². The first-order valence-corrected chi connectivity index (χ1v) is 8.07. The van der Waals surface area contributed by atoms with Crippen molar-refractivity contribution in [1.82, 2.24) is 25.3 Å². The van der Waals surface area contributed by atoms with Gasteiger partial charge in [-0.15, -0.1) is 0 Å². The SMILES string of the molecule is O=C(CCc1cnn(-c2ccccc2)c1)NCCN1C(=O)CNC1=O. The molecule has 1 aliphatic rings. The minimum Gasteiger partial charge on any atom is -0.354 e. The Hall–Kier alpha value is -3.16. The predicted molar refractivity (Wildman–Crippen MR) is 90.0 cm³/mol. The molecule has 1 aromatic heterocycles. The lowest BCUT2D eigenvalue weighted by atomic mass is 10.2. The molecule has 0 radical (unpaired) electrons. The maximum Gasteiger partial charge on any atom is 0.324 e. The van der Waals surface area contributed by atoms with E-state index in [1.54, 1.807) is 10.9 Å². The fraction of sp³-hybridized carbons (Fsp3) is 0.294. The number of hydrogen-bond donors (Lipinski definition) is 2. The summed E-state index contributed by atoms with van der Waals surface area (Å²) in [4.78, 5) is 35.8. The fourth-order valence-electron chi connectivity index (χ4n) is 2.55. The normalized spacial score (nSPS) is 13.8. The zero-order valence-corrected chi connectivity index (χ0v) is 13.6.